The smallest absolute Gasteiger partial charge is 0.00895 e. The molecule has 0 radical (unpaired) electrons. The second-order valence-electron chi connectivity index (χ2n) is 6.07. The molecule has 0 amide bonds. The lowest BCUT2D eigenvalue weighted by atomic mass is 9.98. The van der Waals surface area contributed by atoms with E-state index in [1.165, 1.54) is 42.0 Å². The van der Waals surface area contributed by atoms with Crippen molar-refractivity contribution in [3.05, 3.63) is 21.9 Å². The predicted octanol–water partition coefficient (Wildman–Crippen LogP) is 3.50. The van der Waals surface area contributed by atoms with E-state index in [0.29, 0.717) is 12.1 Å². The van der Waals surface area contributed by atoms with Crippen molar-refractivity contribution >= 4 is 11.3 Å². The normalized spacial score (nSPS) is 23.2. The van der Waals surface area contributed by atoms with Crippen molar-refractivity contribution < 1.29 is 0 Å². The Labute approximate surface area is 122 Å². The molecule has 3 unspecified atom stereocenters. The highest BCUT2D eigenvalue weighted by Crippen LogP contribution is 2.17. The van der Waals surface area contributed by atoms with Crippen LogP contribution in [0, 0.1) is 6.92 Å². The number of piperidine rings is 1. The van der Waals surface area contributed by atoms with Gasteiger partial charge >= 0.3 is 0 Å². The van der Waals surface area contributed by atoms with Gasteiger partial charge in [0.15, 0.2) is 0 Å². The van der Waals surface area contributed by atoms with E-state index in [1.54, 1.807) is 0 Å². The van der Waals surface area contributed by atoms with Crippen LogP contribution in [0.2, 0.25) is 0 Å². The second kappa shape index (κ2) is 7.41. The van der Waals surface area contributed by atoms with Gasteiger partial charge in [-0.25, -0.2) is 0 Å². The fourth-order valence-electron chi connectivity index (χ4n) is 3.06. The average molecular weight is 280 g/mol. The number of thiophene rings is 1. The van der Waals surface area contributed by atoms with Gasteiger partial charge in [-0.3, -0.25) is 0 Å². The molecule has 1 saturated heterocycles. The Morgan fingerprint density at radius 1 is 1.32 bits per heavy atom. The highest BCUT2D eigenvalue weighted by molar-refractivity contribution is 7.11. The van der Waals surface area contributed by atoms with Crippen molar-refractivity contribution in [3.63, 3.8) is 0 Å². The van der Waals surface area contributed by atoms with Crippen molar-refractivity contribution in [2.75, 3.05) is 6.54 Å². The van der Waals surface area contributed by atoms with E-state index < -0.39 is 0 Å². The fraction of sp³-hybridized carbons (Fsp3) is 0.750. The molecule has 1 aliphatic heterocycles. The van der Waals surface area contributed by atoms with Crippen molar-refractivity contribution in [3.8, 4) is 0 Å². The number of hydrogen-bond acceptors (Lipinski definition) is 3. The molecule has 1 fully saturated rings. The summed E-state index contributed by atoms with van der Waals surface area (Å²) in [7, 11) is 0. The first kappa shape index (κ1) is 15.0. The number of nitrogens with one attached hydrogen (secondary N) is 2. The fourth-order valence-corrected chi connectivity index (χ4v) is 4.08. The Balaban J connectivity index is 1.70. The Bertz CT molecular complexity index is 369. The van der Waals surface area contributed by atoms with Crippen LogP contribution in [0.5, 0.6) is 0 Å². The summed E-state index contributed by atoms with van der Waals surface area (Å²) in [5.41, 5.74) is 0. The Morgan fingerprint density at radius 2 is 2.16 bits per heavy atom. The lowest BCUT2D eigenvalue weighted by Crippen LogP contribution is -2.42. The van der Waals surface area contributed by atoms with Crippen LogP contribution in [0.15, 0.2) is 12.1 Å². The second-order valence-corrected chi connectivity index (χ2v) is 7.44. The Kier molecular flexibility index (Phi) is 5.86. The summed E-state index contributed by atoms with van der Waals surface area (Å²) >= 11 is 1.93. The van der Waals surface area contributed by atoms with Crippen LogP contribution in [0.3, 0.4) is 0 Å². The third-order valence-corrected chi connectivity index (χ3v) is 4.95. The van der Waals surface area contributed by atoms with Crippen molar-refractivity contribution in [2.45, 2.75) is 71.0 Å². The van der Waals surface area contributed by atoms with Gasteiger partial charge in [0.25, 0.3) is 0 Å². The van der Waals surface area contributed by atoms with Crippen molar-refractivity contribution in [1.29, 1.82) is 0 Å². The quantitative estimate of drug-likeness (QED) is 0.833. The maximum Gasteiger partial charge on any atom is 0.00895 e. The van der Waals surface area contributed by atoms with Gasteiger partial charge in [0.1, 0.15) is 0 Å². The first-order valence-corrected chi connectivity index (χ1v) is 8.50. The minimum atomic E-state index is 0.566. The molecule has 2 heterocycles. The maximum atomic E-state index is 3.75. The zero-order valence-electron chi connectivity index (χ0n) is 12.5. The van der Waals surface area contributed by atoms with Crippen molar-refractivity contribution in [1.82, 2.24) is 10.6 Å². The third-order valence-electron chi connectivity index (χ3n) is 3.92. The zero-order valence-corrected chi connectivity index (χ0v) is 13.4. The van der Waals surface area contributed by atoms with Crippen LogP contribution in [-0.4, -0.2) is 24.7 Å². The van der Waals surface area contributed by atoms with E-state index in [-0.39, 0.29) is 0 Å². The number of rotatable bonds is 6. The van der Waals surface area contributed by atoms with E-state index in [4.69, 9.17) is 0 Å². The van der Waals surface area contributed by atoms with Gasteiger partial charge in [-0.05, 0) is 65.1 Å². The van der Waals surface area contributed by atoms with Gasteiger partial charge in [0, 0.05) is 27.9 Å². The molecule has 2 rings (SSSR count). The molecule has 0 saturated carbocycles. The van der Waals surface area contributed by atoms with Crippen LogP contribution >= 0.6 is 11.3 Å². The summed E-state index contributed by atoms with van der Waals surface area (Å²) in [5, 5.41) is 7.39. The third kappa shape index (κ3) is 5.25. The molecule has 19 heavy (non-hydrogen) atoms. The minimum absolute atomic E-state index is 0.566. The zero-order chi connectivity index (χ0) is 13.7. The summed E-state index contributed by atoms with van der Waals surface area (Å²) in [4.78, 5) is 2.92. The number of aryl methyl sites for hydroxylation is 1. The van der Waals surface area contributed by atoms with E-state index >= 15 is 0 Å². The predicted molar refractivity (Wildman–Crippen MR) is 85.1 cm³/mol. The monoisotopic (exact) mass is 280 g/mol. The minimum Gasteiger partial charge on any atom is -0.314 e. The lowest BCUT2D eigenvalue weighted by molar-refractivity contribution is 0.332. The van der Waals surface area contributed by atoms with Gasteiger partial charge in [-0.15, -0.1) is 11.3 Å². The van der Waals surface area contributed by atoms with Crippen LogP contribution < -0.4 is 10.6 Å². The molecular formula is C16H28N2S. The summed E-state index contributed by atoms with van der Waals surface area (Å²) in [6.07, 6.45) is 6.51. The molecule has 1 aliphatic rings. The molecule has 0 aliphatic carbocycles. The molecule has 2 N–H and O–H groups in total. The Hall–Kier alpha value is -0.380. The molecule has 0 aromatic carbocycles. The highest BCUT2D eigenvalue weighted by Gasteiger charge is 2.17. The molecule has 1 aromatic rings. The molecule has 2 nitrogen and oxygen atoms in total. The SMILES string of the molecule is Cc1ccc(CC(C)NC(C)CC2CCCCN2)s1. The number of hydrogen-bond donors (Lipinski definition) is 2. The van der Waals surface area contributed by atoms with Crippen molar-refractivity contribution in [2.24, 2.45) is 0 Å². The highest BCUT2D eigenvalue weighted by atomic mass is 32.1. The van der Waals surface area contributed by atoms with Gasteiger partial charge in [-0.2, -0.15) is 0 Å². The average Bonchev–Trinajstić information content (AvgIpc) is 2.75. The van der Waals surface area contributed by atoms with Crippen LogP contribution in [0.25, 0.3) is 0 Å². The molecule has 3 heteroatoms. The van der Waals surface area contributed by atoms with E-state index in [1.807, 2.05) is 11.3 Å². The van der Waals surface area contributed by atoms with Crippen LogP contribution in [0.1, 0.15) is 49.3 Å². The van der Waals surface area contributed by atoms with E-state index in [2.05, 4.69) is 43.5 Å². The maximum absolute atomic E-state index is 3.75. The summed E-state index contributed by atoms with van der Waals surface area (Å²) in [6.45, 7) is 8.03. The molecule has 0 spiro atoms. The first-order chi connectivity index (χ1) is 9.13. The summed E-state index contributed by atoms with van der Waals surface area (Å²) in [5.74, 6) is 0. The molecular weight excluding hydrogens is 252 g/mol. The summed E-state index contributed by atoms with van der Waals surface area (Å²) in [6, 6.07) is 6.39. The molecule has 108 valence electrons. The topological polar surface area (TPSA) is 24.1 Å². The van der Waals surface area contributed by atoms with Gasteiger partial charge in [0.05, 0.1) is 0 Å². The largest absolute Gasteiger partial charge is 0.314 e. The summed E-state index contributed by atoms with van der Waals surface area (Å²) < 4.78 is 0. The standard InChI is InChI=1S/C16H28N2S/c1-12(10-15-6-4-5-9-17-15)18-13(2)11-16-8-7-14(3)19-16/h7-8,12-13,15,17-18H,4-6,9-11H2,1-3H3. The molecule has 0 bridgehead atoms. The van der Waals surface area contributed by atoms with Crippen LogP contribution in [0.4, 0.5) is 0 Å². The van der Waals surface area contributed by atoms with Crippen LogP contribution in [-0.2, 0) is 6.42 Å². The van der Waals surface area contributed by atoms with Gasteiger partial charge < -0.3 is 10.6 Å². The molecule has 3 atom stereocenters. The Morgan fingerprint density at radius 3 is 2.79 bits per heavy atom. The lowest BCUT2D eigenvalue weighted by Gasteiger charge is -2.28. The van der Waals surface area contributed by atoms with E-state index in [9.17, 15) is 0 Å². The molecule has 1 aromatic heterocycles. The van der Waals surface area contributed by atoms with Gasteiger partial charge in [0.2, 0.25) is 0 Å². The van der Waals surface area contributed by atoms with E-state index in [0.717, 1.165) is 12.5 Å². The van der Waals surface area contributed by atoms with Gasteiger partial charge in [-0.1, -0.05) is 6.42 Å². The first-order valence-electron chi connectivity index (χ1n) is 7.68.